The van der Waals surface area contributed by atoms with Crippen molar-refractivity contribution in [1.29, 1.82) is 0 Å². The molecular weight excluding hydrogens is 394 g/mol. The summed E-state index contributed by atoms with van der Waals surface area (Å²) in [6.07, 6.45) is 4.82. The van der Waals surface area contributed by atoms with Crippen molar-refractivity contribution in [3.63, 3.8) is 0 Å². The summed E-state index contributed by atoms with van der Waals surface area (Å²) < 4.78 is 10.9. The number of rotatable bonds is 5. The number of anilines is 4. The first-order chi connectivity index (χ1) is 15.2. The summed E-state index contributed by atoms with van der Waals surface area (Å²) in [6, 6.07) is 13.5. The molecule has 0 atom stereocenters. The molecule has 0 spiro atoms. The molecule has 5 rings (SSSR count). The lowest BCUT2D eigenvalue weighted by atomic mass is 10.1. The molecule has 1 aliphatic heterocycles. The number of aromatic nitrogens is 4. The Hall–Kier alpha value is -3.98. The van der Waals surface area contributed by atoms with Crippen LogP contribution < -0.4 is 16.0 Å². The number of pyridine rings is 1. The fourth-order valence-electron chi connectivity index (χ4n) is 3.36. The number of morpholine rings is 1. The Morgan fingerprint density at radius 3 is 2.65 bits per heavy atom. The van der Waals surface area contributed by atoms with E-state index in [2.05, 4.69) is 20.2 Å². The molecule has 1 fully saturated rings. The Morgan fingerprint density at radius 2 is 1.87 bits per heavy atom. The number of nitrogens with one attached hydrogen (secondary N) is 1. The lowest BCUT2D eigenvalue weighted by molar-refractivity contribution is 0.122. The summed E-state index contributed by atoms with van der Waals surface area (Å²) in [4.78, 5) is 19.8. The number of ether oxygens (including phenoxy) is 1. The second-order valence-corrected chi connectivity index (χ2v) is 7.08. The van der Waals surface area contributed by atoms with Crippen molar-refractivity contribution in [3.05, 3.63) is 61.3 Å². The number of hydrogen-bond donors (Lipinski definition) is 2. The number of oxazole rings is 1. The fraction of sp³-hybridized carbons (Fsp3) is 0.182. The van der Waals surface area contributed by atoms with E-state index >= 15 is 0 Å². The Balaban J connectivity index is 1.50. The average Bonchev–Trinajstić information content (AvgIpc) is 3.35. The molecule has 1 aliphatic rings. The molecule has 9 heteroatoms. The van der Waals surface area contributed by atoms with Gasteiger partial charge >= 0.3 is 0 Å². The van der Waals surface area contributed by atoms with Gasteiger partial charge in [0.1, 0.15) is 11.6 Å². The minimum atomic E-state index is 0.466. The fourth-order valence-corrected chi connectivity index (χ4v) is 3.36. The van der Waals surface area contributed by atoms with E-state index < -0.39 is 0 Å². The quantitative estimate of drug-likeness (QED) is 0.506. The van der Waals surface area contributed by atoms with E-state index in [1.165, 1.54) is 6.39 Å². The molecular formula is C22H21N7O2. The zero-order valence-corrected chi connectivity index (χ0v) is 16.7. The van der Waals surface area contributed by atoms with Crippen LogP contribution in [-0.4, -0.2) is 46.2 Å². The molecule has 0 unspecified atom stereocenters. The van der Waals surface area contributed by atoms with Crippen molar-refractivity contribution in [3.8, 4) is 22.6 Å². The van der Waals surface area contributed by atoms with Crippen LogP contribution >= 0.6 is 0 Å². The highest BCUT2D eigenvalue weighted by molar-refractivity contribution is 5.70. The summed E-state index contributed by atoms with van der Waals surface area (Å²) in [5, 5.41) is 3.39. The molecule has 1 saturated heterocycles. The van der Waals surface area contributed by atoms with Gasteiger partial charge < -0.3 is 25.1 Å². The molecule has 3 aromatic heterocycles. The van der Waals surface area contributed by atoms with E-state index in [1.54, 1.807) is 18.5 Å². The van der Waals surface area contributed by atoms with E-state index in [-0.39, 0.29) is 0 Å². The number of nitrogen functional groups attached to an aromatic ring is 1. The third-order valence-electron chi connectivity index (χ3n) is 4.94. The minimum Gasteiger partial charge on any atom is -0.444 e. The highest BCUT2D eigenvalue weighted by atomic mass is 16.5. The van der Waals surface area contributed by atoms with Crippen LogP contribution in [0.15, 0.2) is 65.7 Å². The Labute approximate surface area is 178 Å². The van der Waals surface area contributed by atoms with Crippen LogP contribution in [0.3, 0.4) is 0 Å². The van der Waals surface area contributed by atoms with Gasteiger partial charge in [-0.3, -0.25) is 0 Å². The van der Waals surface area contributed by atoms with Crippen molar-refractivity contribution in [2.75, 3.05) is 42.3 Å². The molecule has 0 bridgehead atoms. The summed E-state index contributed by atoms with van der Waals surface area (Å²) in [5.74, 6) is 2.49. The Kier molecular flexibility index (Phi) is 5.16. The molecule has 4 heterocycles. The van der Waals surface area contributed by atoms with Gasteiger partial charge in [0.15, 0.2) is 12.2 Å². The summed E-state index contributed by atoms with van der Waals surface area (Å²) >= 11 is 0. The average molecular weight is 415 g/mol. The number of nitrogens with two attached hydrogens (primary N) is 1. The number of benzene rings is 1. The second kappa shape index (κ2) is 8.41. The lowest BCUT2D eigenvalue weighted by Crippen LogP contribution is -2.37. The molecule has 9 nitrogen and oxygen atoms in total. The minimum absolute atomic E-state index is 0.466. The first-order valence-electron chi connectivity index (χ1n) is 9.94. The summed E-state index contributed by atoms with van der Waals surface area (Å²) in [6.45, 7) is 2.78. The molecule has 4 aromatic rings. The van der Waals surface area contributed by atoms with Gasteiger partial charge in [-0.1, -0.05) is 12.1 Å². The van der Waals surface area contributed by atoms with Crippen LogP contribution in [-0.2, 0) is 4.74 Å². The lowest BCUT2D eigenvalue weighted by Gasteiger charge is -2.27. The van der Waals surface area contributed by atoms with Crippen molar-refractivity contribution < 1.29 is 9.15 Å². The number of nitrogens with zero attached hydrogens (tertiary/aromatic N) is 5. The maximum atomic E-state index is 5.75. The van der Waals surface area contributed by atoms with Crippen LogP contribution in [0, 0.1) is 0 Å². The van der Waals surface area contributed by atoms with Crippen LogP contribution in [0.2, 0.25) is 0 Å². The van der Waals surface area contributed by atoms with E-state index in [9.17, 15) is 0 Å². The highest BCUT2D eigenvalue weighted by Crippen LogP contribution is 2.27. The van der Waals surface area contributed by atoms with Gasteiger partial charge in [-0.25, -0.2) is 15.0 Å². The SMILES string of the molecule is Nc1ccc(-c2cc(Nc3cccc(-c4cnco4)c3)nc(N3CCOCC3)n2)cn1. The molecule has 31 heavy (non-hydrogen) atoms. The summed E-state index contributed by atoms with van der Waals surface area (Å²) in [5.41, 5.74) is 9.18. The topological polar surface area (TPSA) is 115 Å². The zero-order chi connectivity index (χ0) is 21.0. The largest absolute Gasteiger partial charge is 0.444 e. The maximum absolute atomic E-state index is 5.75. The zero-order valence-electron chi connectivity index (χ0n) is 16.7. The smallest absolute Gasteiger partial charge is 0.228 e. The van der Waals surface area contributed by atoms with E-state index in [0.717, 1.165) is 35.6 Å². The highest BCUT2D eigenvalue weighted by Gasteiger charge is 2.17. The van der Waals surface area contributed by atoms with Gasteiger partial charge in [0.25, 0.3) is 0 Å². The Morgan fingerprint density at radius 1 is 0.968 bits per heavy atom. The summed E-state index contributed by atoms with van der Waals surface area (Å²) in [7, 11) is 0. The van der Waals surface area contributed by atoms with E-state index in [1.807, 2.05) is 36.4 Å². The molecule has 0 saturated carbocycles. The van der Waals surface area contributed by atoms with Crippen LogP contribution in [0.4, 0.5) is 23.3 Å². The standard InChI is InChI=1S/C22H21N7O2/c23-20-5-4-16(12-25-20)18-11-21(28-22(27-18)29-6-8-30-9-7-29)26-17-3-1-2-15(10-17)19-13-24-14-31-19/h1-5,10-14H,6-9H2,(H2,23,25)(H,26,27,28). The molecule has 0 amide bonds. The van der Waals surface area contributed by atoms with Crippen LogP contribution in [0.1, 0.15) is 0 Å². The van der Waals surface area contributed by atoms with Crippen molar-refractivity contribution in [2.45, 2.75) is 0 Å². The monoisotopic (exact) mass is 415 g/mol. The first kappa shape index (κ1) is 19.0. The van der Waals surface area contributed by atoms with Gasteiger partial charge in [0.2, 0.25) is 5.95 Å². The molecule has 1 aromatic carbocycles. The van der Waals surface area contributed by atoms with Gasteiger partial charge in [0, 0.05) is 42.2 Å². The molecule has 3 N–H and O–H groups in total. The maximum Gasteiger partial charge on any atom is 0.228 e. The molecule has 0 radical (unpaired) electrons. The Bertz CT molecular complexity index is 1160. The van der Waals surface area contributed by atoms with Crippen LogP contribution in [0.5, 0.6) is 0 Å². The van der Waals surface area contributed by atoms with Gasteiger partial charge in [-0.2, -0.15) is 4.98 Å². The first-order valence-corrected chi connectivity index (χ1v) is 9.94. The van der Waals surface area contributed by atoms with Gasteiger partial charge in [-0.15, -0.1) is 0 Å². The predicted octanol–water partition coefficient (Wildman–Crippen LogP) is 3.36. The molecule has 156 valence electrons. The van der Waals surface area contributed by atoms with Gasteiger partial charge in [0.05, 0.1) is 25.1 Å². The normalized spacial score (nSPS) is 13.9. The van der Waals surface area contributed by atoms with Crippen molar-refractivity contribution in [2.24, 2.45) is 0 Å². The predicted molar refractivity (Wildman–Crippen MR) is 118 cm³/mol. The van der Waals surface area contributed by atoms with Crippen molar-refractivity contribution in [1.82, 2.24) is 19.9 Å². The van der Waals surface area contributed by atoms with Crippen LogP contribution in [0.25, 0.3) is 22.6 Å². The van der Waals surface area contributed by atoms with E-state index in [4.69, 9.17) is 24.9 Å². The third kappa shape index (κ3) is 4.31. The number of hydrogen-bond acceptors (Lipinski definition) is 9. The molecule has 0 aliphatic carbocycles. The second-order valence-electron chi connectivity index (χ2n) is 7.08. The van der Waals surface area contributed by atoms with E-state index in [0.29, 0.717) is 36.6 Å². The van der Waals surface area contributed by atoms with Crippen molar-refractivity contribution >= 4 is 23.3 Å². The van der Waals surface area contributed by atoms with Gasteiger partial charge in [-0.05, 0) is 24.3 Å². The third-order valence-corrected chi connectivity index (χ3v) is 4.94.